The smallest absolute Gasteiger partial charge is 0.417 e. The van der Waals surface area contributed by atoms with Crippen molar-refractivity contribution in [3.63, 3.8) is 0 Å². The van der Waals surface area contributed by atoms with Gasteiger partial charge in [-0.05, 0) is 45.0 Å². The molecule has 0 aromatic heterocycles. The van der Waals surface area contributed by atoms with Crippen LogP contribution in [0.4, 0.5) is 13.2 Å². The van der Waals surface area contributed by atoms with Crippen molar-refractivity contribution >= 4 is 15.9 Å². The lowest BCUT2D eigenvalue weighted by Crippen LogP contribution is -2.42. The van der Waals surface area contributed by atoms with Crippen LogP contribution in [-0.2, 0) is 16.2 Å². The number of hydrazine groups is 1. The SMILES string of the molecule is CCOc1cc(C(=O)NNS(=O)(=O)c2ccccc2C(F)(F)F)cc(OCC)c1OCC. The third-order valence-corrected chi connectivity index (χ3v) is 5.26. The van der Waals surface area contributed by atoms with Crippen molar-refractivity contribution in [1.82, 2.24) is 10.3 Å². The summed E-state index contributed by atoms with van der Waals surface area (Å²) in [6.45, 7) is 5.98. The Hall–Kier alpha value is -2.99. The third-order valence-electron chi connectivity index (χ3n) is 3.95. The molecular weight excluding hydrogens is 453 g/mol. The van der Waals surface area contributed by atoms with Crippen LogP contribution in [0.15, 0.2) is 41.3 Å². The number of rotatable bonds is 10. The molecule has 1 amide bonds. The van der Waals surface area contributed by atoms with E-state index in [0.717, 1.165) is 18.2 Å². The fourth-order valence-electron chi connectivity index (χ4n) is 2.70. The van der Waals surface area contributed by atoms with Gasteiger partial charge in [-0.1, -0.05) is 12.1 Å². The standard InChI is InChI=1S/C20H23F3N2O6S/c1-4-29-15-11-13(12-16(30-5-2)18(15)31-6-3)19(26)24-25-32(27,28)17-10-8-7-9-14(17)20(21,22)23/h7-12,25H,4-6H2,1-3H3,(H,24,26). The summed E-state index contributed by atoms with van der Waals surface area (Å²) in [4.78, 5) is 13.2. The minimum atomic E-state index is -4.90. The van der Waals surface area contributed by atoms with Gasteiger partial charge in [-0.2, -0.15) is 13.2 Å². The van der Waals surface area contributed by atoms with Gasteiger partial charge in [0.1, 0.15) is 0 Å². The van der Waals surface area contributed by atoms with Crippen molar-refractivity contribution in [3.05, 3.63) is 47.5 Å². The second-order valence-electron chi connectivity index (χ2n) is 6.15. The molecule has 2 aromatic rings. The molecule has 0 aliphatic heterocycles. The predicted molar refractivity (Wildman–Crippen MR) is 109 cm³/mol. The summed E-state index contributed by atoms with van der Waals surface area (Å²) < 4.78 is 80.8. The average molecular weight is 476 g/mol. The average Bonchev–Trinajstić information content (AvgIpc) is 2.74. The Kier molecular flexibility index (Phi) is 8.33. The number of hydrogen-bond donors (Lipinski definition) is 2. The first kappa shape index (κ1) is 25.3. The Bertz CT molecular complexity index is 1030. The molecule has 2 N–H and O–H groups in total. The highest BCUT2D eigenvalue weighted by atomic mass is 32.2. The van der Waals surface area contributed by atoms with Crippen molar-refractivity contribution in [2.45, 2.75) is 31.8 Å². The van der Waals surface area contributed by atoms with Gasteiger partial charge in [0.2, 0.25) is 5.75 Å². The van der Waals surface area contributed by atoms with E-state index in [-0.39, 0.29) is 36.0 Å². The summed E-state index contributed by atoms with van der Waals surface area (Å²) in [5.41, 5.74) is 0.486. The zero-order chi connectivity index (χ0) is 23.9. The molecule has 0 aliphatic carbocycles. The molecule has 32 heavy (non-hydrogen) atoms. The monoisotopic (exact) mass is 476 g/mol. The quantitative estimate of drug-likeness (QED) is 0.509. The number of hydrogen-bond acceptors (Lipinski definition) is 6. The van der Waals surface area contributed by atoms with Gasteiger partial charge in [0, 0.05) is 5.56 Å². The molecule has 2 rings (SSSR count). The maximum atomic E-state index is 13.2. The van der Waals surface area contributed by atoms with Gasteiger partial charge in [-0.25, -0.2) is 8.42 Å². The highest BCUT2D eigenvalue weighted by molar-refractivity contribution is 7.89. The van der Waals surface area contributed by atoms with E-state index in [0.29, 0.717) is 12.7 Å². The van der Waals surface area contributed by atoms with Gasteiger partial charge in [0.05, 0.1) is 30.3 Å². The Balaban J connectivity index is 2.33. The van der Waals surface area contributed by atoms with E-state index >= 15 is 0 Å². The number of alkyl halides is 3. The molecular formula is C20H23F3N2O6S. The minimum absolute atomic E-state index is 0.0628. The number of nitrogens with one attached hydrogen (secondary N) is 2. The molecule has 0 aliphatic rings. The molecule has 2 aromatic carbocycles. The number of amides is 1. The fraction of sp³-hybridized carbons (Fsp3) is 0.350. The second-order valence-corrected chi connectivity index (χ2v) is 7.81. The minimum Gasteiger partial charge on any atom is -0.490 e. The van der Waals surface area contributed by atoms with E-state index in [9.17, 15) is 26.4 Å². The largest absolute Gasteiger partial charge is 0.490 e. The molecule has 8 nitrogen and oxygen atoms in total. The van der Waals surface area contributed by atoms with E-state index < -0.39 is 32.6 Å². The molecule has 0 bridgehead atoms. The summed E-state index contributed by atoms with van der Waals surface area (Å²) in [6.07, 6.45) is -4.90. The zero-order valence-corrected chi connectivity index (χ0v) is 18.4. The molecule has 0 spiro atoms. The van der Waals surface area contributed by atoms with E-state index in [2.05, 4.69) is 0 Å². The highest BCUT2D eigenvalue weighted by Crippen LogP contribution is 2.39. The number of halogens is 3. The van der Waals surface area contributed by atoms with E-state index in [4.69, 9.17) is 14.2 Å². The third kappa shape index (κ3) is 6.04. The van der Waals surface area contributed by atoms with Crippen LogP contribution in [0.25, 0.3) is 0 Å². The molecule has 0 fully saturated rings. The van der Waals surface area contributed by atoms with Crippen molar-refractivity contribution in [2.24, 2.45) is 0 Å². The van der Waals surface area contributed by atoms with E-state index in [1.807, 2.05) is 5.43 Å². The van der Waals surface area contributed by atoms with E-state index in [1.54, 1.807) is 25.6 Å². The molecule has 0 heterocycles. The Labute approximate surface area is 183 Å². The summed E-state index contributed by atoms with van der Waals surface area (Å²) in [7, 11) is -4.72. The second kappa shape index (κ2) is 10.6. The lowest BCUT2D eigenvalue weighted by atomic mass is 10.1. The molecule has 12 heteroatoms. The number of benzene rings is 2. The highest BCUT2D eigenvalue weighted by Gasteiger charge is 2.37. The maximum absolute atomic E-state index is 13.2. The maximum Gasteiger partial charge on any atom is 0.417 e. The Morgan fingerprint density at radius 2 is 1.47 bits per heavy atom. The van der Waals surface area contributed by atoms with Gasteiger partial charge in [0.15, 0.2) is 11.5 Å². The topological polar surface area (TPSA) is 103 Å². The summed E-state index contributed by atoms with van der Waals surface area (Å²) >= 11 is 0. The van der Waals surface area contributed by atoms with Crippen LogP contribution in [0, 0.1) is 0 Å². The molecule has 0 unspecified atom stereocenters. The van der Waals surface area contributed by atoms with Gasteiger partial charge in [-0.3, -0.25) is 10.2 Å². The summed E-state index contributed by atoms with van der Waals surface area (Å²) in [6, 6.07) is 6.24. The van der Waals surface area contributed by atoms with Crippen LogP contribution in [0.1, 0.15) is 36.7 Å². The van der Waals surface area contributed by atoms with Crippen molar-refractivity contribution < 1.29 is 40.6 Å². The number of ether oxygens (including phenoxy) is 3. The van der Waals surface area contributed by atoms with Crippen LogP contribution in [-0.4, -0.2) is 34.1 Å². The first-order chi connectivity index (χ1) is 15.0. The summed E-state index contributed by atoms with van der Waals surface area (Å²) in [5, 5.41) is 0. The van der Waals surface area contributed by atoms with E-state index in [1.165, 1.54) is 12.1 Å². The van der Waals surface area contributed by atoms with Gasteiger partial charge < -0.3 is 14.2 Å². The lowest BCUT2D eigenvalue weighted by molar-refractivity contribution is -0.139. The van der Waals surface area contributed by atoms with Gasteiger partial charge in [-0.15, -0.1) is 4.83 Å². The van der Waals surface area contributed by atoms with Gasteiger partial charge >= 0.3 is 6.18 Å². The first-order valence-electron chi connectivity index (χ1n) is 9.59. The normalized spacial score (nSPS) is 11.7. The van der Waals surface area contributed by atoms with Crippen molar-refractivity contribution in [3.8, 4) is 17.2 Å². The first-order valence-corrected chi connectivity index (χ1v) is 11.1. The molecule has 0 saturated carbocycles. The Morgan fingerprint density at radius 1 is 0.938 bits per heavy atom. The van der Waals surface area contributed by atoms with Crippen LogP contribution in [0.2, 0.25) is 0 Å². The van der Waals surface area contributed by atoms with Crippen LogP contribution >= 0.6 is 0 Å². The predicted octanol–water partition coefficient (Wildman–Crippen LogP) is 3.52. The Morgan fingerprint density at radius 3 is 1.97 bits per heavy atom. The number of carbonyl (C=O) groups excluding carboxylic acids is 1. The van der Waals surface area contributed by atoms with Crippen LogP contribution in [0.5, 0.6) is 17.2 Å². The molecule has 176 valence electrons. The number of carbonyl (C=O) groups is 1. The van der Waals surface area contributed by atoms with Crippen molar-refractivity contribution in [2.75, 3.05) is 19.8 Å². The number of sulfonamides is 1. The fourth-order valence-corrected chi connectivity index (χ4v) is 3.76. The molecule has 0 atom stereocenters. The molecule has 0 radical (unpaired) electrons. The lowest BCUT2D eigenvalue weighted by Gasteiger charge is -2.17. The molecule has 0 saturated heterocycles. The van der Waals surface area contributed by atoms with Crippen LogP contribution in [0.3, 0.4) is 0 Å². The van der Waals surface area contributed by atoms with Crippen LogP contribution < -0.4 is 24.5 Å². The van der Waals surface area contributed by atoms with Crippen molar-refractivity contribution in [1.29, 1.82) is 0 Å². The van der Waals surface area contributed by atoms with Gasteiger partial charge in [0.25, 0.3) is 15.9 Å². The zero-order valence-electron chi connectivity index (χ0n) is 17.6. The summed E-state index contributed by atoms with van der Waals surface area (Å²) in [5.74, 6) is -0.290.